The fourth-order valence-corrected chi connectivity index (χ4v) is 1.55. The first kappa shape index (κ1) is 14.7. The molecule has 100 valence electrons. The molecule has 18 heavy (non-hydrogen) atoms. The van der Waals surface area contributed by atoms with E-state index in [-0.39, 0.29) is 23.1 Å². The summed E-state index contributed by atoms with van der Waals surface area (Å²) >= 11 is 0. The minimum atomic E-state index is -0.331. The Labute approximate surface area is 109 Å². The molecule has 0 spiro atoms. The maximum Gasteiger partial charge on any atom is 0.225 e. The minimum absolute atomic E-state index is 0.0685. The van der Waals surface area contributed by atoms with E-state index in [0.29, 0.717) is 6.54 Å². The normalized spacial score (nSPS) is 13.2. The lowest BCUT2D eigenvalue weighted by Gasteiger charge is -2.23. The van der Waals surface area contributed by atoms with Crippen molar-refractivity contribution < 1.29 is 9.18 Å². The smallest absolute Gasteiger partial charge is 0.225 e. The molecule has 0 saturated carbocycles. The van der Waals surface area contributed by atoms with Crippen LogP contribution in [-0.4, -0.2) is 12.5 Å². The summed E-state index contributed by atoms with van der Waals surface area (Å²) in [5.74, 6) is 0.0169. The monoisotopic (exact) mass is 251 g/mol. The molecule has 0 fully saturated rings. The summed E-state index contributed by atoms with van der Waals surface area (Å²) < 4.78 is 12.8. The van der Waals surface area contributed by atoms with Gasteiger partial charge in [0.2, 0.25) is 5.91 Å². The van der Waals surface area contributed by atoms with Crippen molar-refractivity contribution in [1.29, 1.82) is 0 Å². The van der Waals surface area contributed by atoms with Gasteiger partial charge in [0.15, 0.2) is 0 Å². The highest BCUT2D eigenvalue weighted by atomic mass is 19.1. The van der Waals surface area contributed by atoms with E-state index in [0.717, 1.165) is 12.0 Å². The van der Waals surface area contributed by atoms with E-state index in [1.807, 2.05) is 27.7 Å². The van der Waals surface area contributed by atoms with Crippen LogP contribution in [0.2, 0.25) is 0 Å². The number of carbonyl (C=O) groups is 1. The molecule has 0 bridgehead atoms. The Hall–Kier alpha value is -1.38. The van der Waals surface area contributed by atoms with Crippen LogP contribution in [0.1, 0.15) is 45.6 Å². The average Bonchev–Trinajstić information content (AvgIpc) is 2.36. The highest BCUT2D eigenvalue weighted by Gasteiger charge is 2.25. The second-order valence-electron chi connectivity index (χ2n) is 5.40. The van der Waals surface area contributed by atoms with Crippen molar-refractivity contribution in [3.8, 4) is 0 Å². The number of hydrogen-bond acceptors (Lipinski definition) is 1. The van der Waals surface area contributed by atoms with Crippen LogP contribution < -0.4 is 5.32 Å². The predicted molar refractivity (Wildman–Crippen MR) is 71.9 cm³/mol. The molecule has 1 rings (SSSR count). The van der Waals surface area contributed by atoms with E-state index in [2.05, 4.69) is 5.32 Å². The van der Waals surface area contributed by atoms with Gasteiger partial charge in [-0.1, -0.05) is 39.8 Å². The largest absolute Gasteiger partial charge is 0.355 e. The van der Waals surface area contributed by atoms with E-state index in [1.165, 1.54) is 12.1 Å². The molecule has 1 amide bonds. The van der Waals surface area contributed by atoms with Gasteiger partial charge in [-0.3, -0.25) is 4.79 Å². The SMILES string of the molecule is CCC(C)(C)C(=O)NCC(C)c1ccc(F)cc1. The lowest BCUT2D eigenvalue weighted by molar-refractivity contribution is -0.129. The van der Waals surface area contributed by atoms with Crippen molar-refractivity contribution in [3.05, 3.63) is 35.6 Å². The van der Waals surface area contributed by atoms with Gasteiger partial charge in [0.05, 0.1) is 0 Å². The first-order valence-electron chi connectivity index (χ1n) is 6.40. The maximum absolute atomic E-state index is 12.8. The molecule has 1 N–H and O–H groups in total. The molecule has 2 nitrogen and oxygen atoms in total. The molecule has 0 aromatic heterocycles. The third kappa shape index (κ3) is 3.83. The Balaban J connectivity index is 2.54. The minimum Gasteiger partial charge on any atom is -0.355 e. The van der Waals surface area contributed by atoms with E-state index >= 15 is 0 Å². The van der Waals surface area contributed by atoms with Gasteiger partial charge in [-0.05, 0) is 30.0 Å². The van der Waals surface area contributed by atoms with Crippen molar-refractivity contribution in [2.45, 2.75) is 40.0 Å². The first-order valence-corrected chi connectivity index (χ1v) is 6.40. The third-order valence-corrected chi connectivity index (χ3v) is 3.51. The first-order chi connectivity index (χ1) is 8.36. The summed E-state index contributed by atoms with van der Waals surface area (Å²) in [5.41, 5.74) is 0.703. The van der Waals surface area contributed by atoms with Crippen molar-refractivity contribution in [2.75, 3.05) is 6.54 Å². The molecule has 0 heterocycles. The molecule has 0 radical (unpaired) electrons. The fourth-order valence-electron chi connectivity index (χ4n) is 1.55. The number of hydrogen-bond donors (Lipinski definition) is 1. The van der Waals surface area contributed by atoms with Crippen LogP contribution in [0.25, 0.3) is 0 Å². The summed E-state index contributed by atoms with van der Waals surface area (Å²) in [6.45, 7) is 8.47. The number of rotatable bonds is 5. The molecule has 0 aliphatic rings. The summed E-state index contributed by atoms with van der Waals surface area (Å²) in [4.78, 5) is 11.9. The van der Waals surface area contributed by atoms with E-state index in [4.69, 9.17) is 0 Å². The third-order valence-electron chi connectivity index (χ3n) is 3.51. The molecule has 1 atom stereocenters. The predicted octanol–water partition coefficient (Wildman–Crippen LogP) is 3.48. The molecule has 0 aliphatic heterocycles. The van der Waals surface area contributed by atoms with Crippen molar-refractivity contribution >= 4 is 5.91 Å². The summed E-state index contributed by atoms with van der Waals surface area (Å²) in [6.07, 6.45) is 0.809. The van der Waals surface area contributed by atoms with Gasteiger partial charge in [-0.2, -0.15) is 0 Å². The van der Waals surface area contributed by atoms with Gasteiger partial charge in [-0.25, -0.2) is 4.39 Å². The molecular formula is C15H22FNO. The van der Waals surface area contributed by atoms with Gasteiger partial charge in [-0.15, -0.1) is 0 Å². The molecule has 0 aliphatic carbocycles. The molecule has 3 heteroatoms. The van der Waals surface area contributed by atoms with Gasteiger partial charge in [0, 0.05) is 12.0 Å². The number of amides is 1. The molecule has 0 saturated heterocycles. The van der Waals surface area contributed by atoms with Crippen LogP contribution in [0.5, 0.6) is 0 Å². The Morgan fingerprint density at radius 2 is 1.89 bits per heavy atom. The quantitative estimate of drug-likeness (QED) is 0.853. The second-order valence-corrected chi connectivity index (χ2v) is 5.40. The van der Waals surface area contributed by atoms with Gasteiger partial charge in [0.25, 0.3) is 0 Å². The second kappa shape index (κ2) is 5.98. The number of nitrogens with one attached hydrogen (secondary N) is 1. The van der Waals surface area contributed by atoms with Crippen molar-refractivity contribution in [1.82, 2.24) is 5.32 Å². The standard InChI is InChI=1S/C15H22FNO/c1-5-15(3,4)14(18)17-10-11(2)12-6-8-13(16)9-7-12/h6-9,11H,5,10H2,1-4H3,(H,17,18). The van der Waals surface area contributed by atoms with Crippen molar-refractivity contribution in [3.63, 3.8) is 0 Å². The lowest BCUT2D eigenvalue weighted by Crippen LogP contribution is -2.38. The van der Waals surface area contributed by atoms with Crippen LogP contribution in [-0.2, 0) is 4.79 Å². The van der Waals surface area contributed by atoms with Crippen molar-refractivity contribution in [2.24, 2.45) is 5.41 Å². The highest BCUT2D eigenvalue weighted by molar-refractivity contribution is 5.81. The Bertz CT molecular complexity index is 397. The topological polar surface area (TPSA) is 29.1 Å². The van der Waals surface area contributed by atoms with E-state index in [1.54, 1.807) is 12.1 Å². The highest BCUT2D eigenvalue weighted by Crippen LogP contribution is 2.20. The molecule has 1 aromatic rings. The van der Waals surface area contributed by atoms with E-state index < -0.39 is 0 Å². The zero-order chi connectivity index (χ0) is 13.8. The molecular weight excluding hydrogens is 229 g/mol. The number of benzene rings is 1. The van der Waals surface area contributed by atoms with Gasteiger partial charge < -0.3 is 5.32 Å². The van der Waals surface area contributed by atoms with Crippen LogP contribution >= 0.6 is 0 Å². The zero-order valence-electron chi connectivity index (χ0n) is 11.6. The summed E-state index contributed by atoms with van der Waals surface area (Å²) in [7, 11) is 0. The summed E-state index contributed by atoms with van der Waals surface area (Å²) in [6, 6.07) is 6.42. The summed E-state index contributed by atoms with van der Waals surface area (Å²) in [5, 5.41) is 2.95. The average molecular weight is 251 g/mol. The van der Waals surface area contributed by atoms with Crippen LogP contribution in [0.3, 0.4) is 0 Å². The van der Waals surface area contributed by atoms with Crippen LogP contribution in [0.15, 0.2) is 24.3 Å². The van der Waals surface area contributed by atoms with Crippen LogP contribution in [0, 0.1) is 11.2 Å². The van der Waals surface area contributed by atoms with Gasteiger partial charge in [0.1, 0.15) is 5.82 Å². The maximum atomic E-state index is 12.8. The molecule has 1 unspecified atom stereocenters. The Morgan fingerprint density at radius 3 is 2.39 bits per heavy atom. The Morgan fingerprint density at radius 1 is 1.33 bits per heavy atom. The Kier molecular flexibility index (Phi) is 4.88. The van der Waals surface area contributed by atoms with Crippen LogP contribution in [0.4, 0.5) is 4.39 Å². The van der Waals surface area contributed by atoms with E-state index in [9.17, 15) is 9.18 Å². The lowest BCUT2D eigenvalue weighted by atomic mass is 9.89. The number of carbonyl (C=O) groups excluding carboxylic acids is 1. The zero-order valence-corrected chi connectivity index (χ0v) is 11.6. The fraction of sp³-hybridized carbons (Fsp3) is 0.533. The molecule has 1 aromatic carbocycles. The number of halogens is 1. The van der Waals surface area contributed by atoms with Gasteiger partial charge >= 0.3 is 0 Å².